The molecule has 10 heteroatoms. The number of aromatic nitrogens is 3. The highest BCUT2D eigenvalue weighted by Gasteiger charge is 2.20. The third kappa shape index (κ3) is 5.36. The summed E-state index contributed by atoms with van der Waals surface area (Å²) < 4.78 is 31.6. The minimum Gasteiger partial charge on any atom is -0.497 e. The molecule has 0 radical (unpaired) electrons. The first kappa shape index (κ1) is 23.3. The van der Waals surface area contributed by atoms with Crippen LogP contribution in [0.2, 0.25) is 0 Å². The predicted molar refractivity (Wildman–Crippen MR) is 130 cm³/mol. The Hall–Kier alpha value is -3.89. The molecule has 0 fully saturated rings. The number of aliphatic hydroxyl groups excluding tert-OH is 1. The van der Waals surface area contributed by atoms with Gasteiger partial charge in [-0.15, -0.1) is 0 Å². The van der Waals surface area contributed by atoms with Gasteiger partial charge in [0.05, 0.1) is 22.6 Å². The van der Waals surface area contributed by atoms with E-state index in [0.717, 1.165) is 17.0 Å². The maximum absolute atomic E-state index is 13.2. The second kappa shape index (κ2) is 10.4. The van der Waals surface area contributed by atoms with Crippen molar-refractivity contribution in [2.24, 2.45) is 0 Å². The number of pyridine rings is 1. The molecular weight excluding hydrogens is 454 g/mol. The van der Waals surface area contributed by atoms with E-state index in [1.54, 1.807) is 43.5 Å². The first-order chi connectivity index (χ1) is 16.5. The average molecular weight is 480 g/mol. The van der Waals surface area contributed by atoms with E-state index in [9.17, 15) is 8.42 Å². The minimum absolute atomic E-state index is 0.0154. The summed E-state index contributed by atoms with van der Waals surface area (Å²) in [5.74, 6) is 1.92. The Balaban J connectivity index is 1.64. The zero-order valence-corrected chi connectivity index (χ0v) is 19.3. The lowest BCUT2D eigenvalue weighted by molar-refractivity contribution is 0.292. The van der Waals surface area contributed by atoms with E-state index in [4.69, 9.17) is 9.84 Å². The number of hydrogen-bond donors (Lipinski definition) is 4. The molecule has 4 N–H and O–H groups in total. The van der Waals surface area contributed by atoms with E-state index in [1.165, 1.54) is 12.1 Å². The van der Waals surface area contributed by atoms with Crippen molar-refractivity contribution in [3.63, 3.8) is 0 Å². The second-order valence-corrected chi connectivity index (χ2v) is 9.36. The Morgan fingerprint density at radius 3 is 2.38 bits per heavy atom. The number of nitrogens with one attached hydrogen (secondary N) is 3. The largest absolute Gasteiger partial charge is 0.497 e. The van der Waals surface area contributed by atoms with Gasteiger partial charge < -0.3 is 20.5 Å². The van der Waals surface area contributed by atoms with Crippen molar-refractivity contribution in [2.75, 3.05) is 30.9 Å². The number of methoxy groups -OCH3 is 1. The molecule has 2 heterocycles. The Bertz CT molecular complexity index is 1340. The molecule has 0 saturated carbocycles. The maximum Gasteiger partial charge on any atom is 0.206 e. The second-order valence-electron chi connectivity index (χ2n) is 7.41. The van der Waals surface area contributed by atoms with Gasteiger partial charge in [-0.1, -0.05) is 18.2 Å². The number of H-pyrrole nitrogens is 1. The summed E-state index contributed by atoms with van der Waals surface area (Å²) in [4.78, 5) is 4.75. The SMILES string of the molecule is COc1ccc(-c2cc(Nc3cc(S(=O)(=O)c4ccccc4)cc(NCCCO)n3)n[nH]2)cc1. The van der Waals surface area contributed by atoms with E-state index < -0.39 is 9.84 Å². The van der Waals surface area contributed by atoms with Crippen molar-refractivity contribution in [3.8, 4) is 17.0 Å². The summed E-state index contributed by atoms with van der Waals surface area (Å²) in [6.45, 7) is 0.462. The summed E-state index contributed by atoms with van der Waals surface area (Å²) >= 11 is 0. The fraction of sp³-hybridized carbons (Fsp3) is 0.167. The van der Waals surface area contributed by atoms with E-state index >= 15 is 0 Å². The molecule has 2 aromatic heterocycles. The molecule has 0 amide bonds. The molecule has 0 atom stereocenters. The fourth-order valence-corrected chi connectivity index (χ4v) is 4.60. The third-order valence-corrected chi connectivity index (χ3v) is 6.79. The number of nitrogens with zero attached hydrogens (tertiary/aromatic N) is 2. The molecule has 0 aliphatic carbocycles. The Kier molecular flexibility index (Phi) is 7.09. The normalized spacial score (nSPS) is 11.2. The van der Waals surface area contributed by atoms with E-state index in [0.29, 0.717) is 30.4 Å². The predicted octanol–water partition coefficient (Wildman–Crippen LogP) is 3.85. The first-order valence-corrected chi connectivity index (χ1v) is 12.1. The van der Waals surface area contributed by atoms with Crippen LogP contribution in [0, 0.1) is 0 Å². The van der Waals surface area contributed by atoms with Crippen LogP contribution >= 0.6 is 0 Å². The molecule has 0 spiro atoms. The molecule has 9 nitrogen and oxygen atoms in total. The van der Waals surface area contributed by atoms with Crippen LogP contribution in [0.3, 0.4) is 0 Å². The Labute approximate surface area is 197 Å². The number of anilines is 3. The number of sulfone groups is 1. The number of aromatic amines is 1. The maximum atomic E-state index is 13.2. The molecule has 0 saturated heterocycles. The number of rotatable bonds is 10. The summed E-state index contributed by atoms with van der Waals surface area (Å²) in [5, 5.41) is 22.4. The molecular formula is C24H25N5O4S. The smallest absolute Gasteiger partial charge is 0.206 e. The van der Waals surface area contributed by atoms with Gasteiger partial charge in [0.1, 0.15) is 17.4 Å². The van der Waals surface area contributed by atoms with E-state index in [-0.39, 0.29) is 16.4 Å². The van der Waals surface area contributed by atoms with Crippen molar-refractivity contribution < 1.29 is 18.3 Å². The quantitative estimate of drug-likeness (QED) is 0.253. The van der Waals surface area contributed by atoms with Crippen LogP contribution in [0.4, 0.5) is 17.5 Å². The molecule has 0 unspecified atom stereocenters. The third-order valence-electron chi connectivity index (χ3n) is 5.04. The summed E-state index contributed by atoms with van der Waals surface area (Å²) in [6.07, 6.45) is 0.505. The zero-order chi connectivity index (χ0) is 24.0. The van der Waals surface area contributed by atoms with Crippen molar-refractivity contribution in [2.45, 2.75) is 16.2 Å². The van der Waals surface area contributed by atoms with Crippen molar-refractivity contribution in [1.82, 2.24) is 15.2 Å². The lowest BCUT2D eigenvalue weighted by atomic mass is 10.1. The van der Waals surface area contributed by atoms with Gasteiger partial charge in [-0.3, -0.25) is 5.10 Å². The van der Waals surface area contributed by atoms with Gasteiger partial charge in [-0.25, -0.2) is 13.4 Å². The first-order valence-electron chi connectivity index (χ1n) is 10.6. The monoisotopic (exact) mass is 479 g/mol. The highest BCUT2D eigenvalue weighted by atomic mass is 32.2. The summed E-state index contributed by atoms with van der Waals surface area (Å²) in [7, 11) is -2.15. The van der Waals surface area contributed by atoms with Gasteiger partial charge in [-0.2, -0.15) is 5.10 Å². The molecule has 0 aliphatic heterocycles. The number of ether oxygens (including phenoxy) is 1. The molecule has 4 aromatic rings. The van der Waals surface area contributed by atoms with Crippen molar-refractivity contribution in [1.29, 1.82) is 0 Å². The summed E-state index contributed by atoms with van der Waals surface area (Å²) in [6, 6.07) is 20.5. The van der Waals surface area contributed by atoms with E-state index in [1.807, 2.05) is 24.3 Å². The van der Waals surface area contributed by atoms with E-state index in [2.05, 4.69) is 25.8 Å². The van der Waals surface area contributed by atoms with Crippen LogP contribution in [-0.4, -0.2) is 49.0 Å². The Morgan fingerprint density at radius 1 is 0.941 bits per heavy atom. The lowest BCUT2D eigenvalue weighted by Gasteiger charge is -2.12. The van der Waals surface area contributed by atoms with Crippen LogP contribution < -0.4 is 15.4 Å². The number of benzene rings is 2. The van der Waals surface area contributed by atoms with Crippen LogP contribution in [0.5, 0.6) is 5.75 Å². The van der Waals surface area contributed by atoms with Crippen LogP contribution in [0.25, 0.3) is 11.3 Å². The molecule has 0 aliphatic rings. The van der Waals surface area contributed by atoms with Gasteiger partial charge in [0.15, 0.2) is 5.82 Å². The topological polar surface area (TPSA) is 129 Å². The lowest BCUT2D eigenvalue weighted by Crippen LogP contribution is -2.09. The molecule has 4 rings (SSSR count). The van der Waals surface area contributed by atoms with Gasteiger partial charge in [0.2, 0.25) is 9.84 Å². The standard InChI is InChI=1S/C24H25N5O4S/c1-33-18-10-8-17(9-11-18)21-16-24(29-28-21)27-23-15-20(14-22(26-23)25-12-5-13-30)34(31,32)19-6-3-2-4-7-19/h2-4,6-11,14-16,30H,5,12-13H2,1H3,(H3,25,26,27,28,29). The average Bonchev–Trinajstić information content (AvgIpc) is 3.33. The molecule has 2 aromatic carbocycles. The van der Waals surface area contributed by atoms with Gasteiger partial charge in [0.25, 0.3) is 0 Å². The van der Waals surface area contributed by atoms with Crippen LogP contribution in [-0.2, 0) is 9.84 Å². The minimum atomic E-state index is -3.76. The van der Waals surface area contributed by atoms with Gasteiger partial charge >= 0.3 is 0 Å². The fourth-order valence-electron chi connectivity index (χ4n) is 3.28. The molecule has 176 valence electrons. The number of hydrogen-bond acceptors (Lipinski definition) is 8. The van der Waals surface area contributed by atoms with Crippen LogP contribution in [0.15, 0.2) is 82.6 Å². The van der Waals surface area contributed by atoms with Gasteiger partial charge in [0, 0.05) is 25.3 Å². The summed E-state index contributed by atoms with van der Waals surface area (Å²) in [5.41, 5.74) is 1.69. The van der Waals surface area contributed by atoms with Crippen molar-refractivity contribution in [3.05, 3.63) is 72.8 Å². The molecule has 34 heavy (non-hydrogen) atoms. The number of aliphatic hydroxyl groups is 1. The highest BCUT2D eigenvalue weighted by molar-refractivity contribution is 7.91. The highest BCUT2D eigenvalue weighted by Crippen LogP contribution is 2.28. The van der Waals surface area contributed by atoms with Crippen LogP contribution in [0.1, 0.15) is 6.42 Å². The zero-order valence-electron chi connectivity index (χ0n) is 18.5. The molecule has 0 bridgehead atoms. The van der Waals surface area contributed by atoms with Crippen molar-refractivity contribution >= 4 is 27.3 Å². The Morgan fingerprint density at radius 2 is 1.68 bits per heavy atom. The van der Waals surface area contributed by atoms with Gasteiger partial charge in [-0.05, 0) is 54.4 Å².